The van der Waals surface area contributed by atoms with E-state index in [1.54, 1.807) is 0 Å². The minimum atomic E-state index is -0.286. The van der Waals surface area contributed by atoms with Gasteiger partial charge in [-0.2, -0.15) is 0 Å². The van der Waals surface area contributed by atoms with Crippen molar-refractivity contribution >= 4 is 21.7 Å². The first-order valence-electron chi connectivity index (χ1n) is 14.4. The fourth-order valence-electron chi connectivity index (χ4n) is 5.92. The molecule has 2 unspecified atom stereocenters. The van der Waals surface area contributed by atoms with E-state index in [9.17, 15) is 0 Å². The predicted molar refractivity (Wildman–Crippen MR) is 172 cm³/mol. The lowest BCUT2D eigenvalue weighted by atomic mass is 9.87. The van der Waals surface area contributed by atoms with Crippen molar-refractivity contribution in [3.8, 4) is 11.1 Å². The van der Waals surface area contributed by atoms with Gasteiger partial charge in [-0.15, -0.1) is 0 Å². The molecule has 1 heterocycles. The second-order valence-electron chi connectivity index (χ2n) is 9.97. The summed E-state index contributed by atoms with van der Waals surface area (Å²) in [4.78, 5) is 0. The SMILES string of the molecule is C=C(/C=C\C=C/C)NC(C(N)c1ccccc1)n1c2c(c3c4ccccc4ccc31)-c1ccccc1CC2.CC. The van der Waals surface area contributed by atoms with Gasteiger partial charge in [-0.1, -0.05) is 124 Å². The van der Waals surface area contributed by atoms with E-state index < -0.39 is 0 Å². The molecular formula is C37H39N3. The van der Waals surface area contributed by atoms with Gasteiger partial charge in [0, 0.05) is 22.3 Å². The number of nitrogens with zero attached hydrogens (tertiary/aromatic N) is 1. The van der Waals surface area contributed by atoms with Crippen LogP contribution in [0.5, 0.6) is 0 Å². The number of nitrogens with two attached hydrogens (primary N) is 1. The van der Waals surface area contributed by atoms with Gasteiger partial charge in [0.15, 0.2) is 0 Å². The Morgan fingerprint density at radius 2 is 1.60 bits per heavy atom. The second-order valence-corrected chi connectivity index (χ2v) is 9.97. The molecule has 0 spiro atoms. The van der Waals surface area contributed by atoms with E-state index in [0.717, 1.165) is 24.1 Å². The van der Waals surface area contributed by atoms with Gasteiger partial charge in [0.2, 0.25) is 0 Å². The van der Waals surface area contributed by atoms with Gasteiger partial charge in [-0.05, 0) is 59.4 Å². The summed E-state index contributed by atoms with van der Waals surface area (Å²) in [6.45, 7) is 10.3. The summed E-state index contributed by atoms with van der Waals surface area (Å²) >= 11 is 0. The molecule has 0 saturated carbocycles. The lowest BCUT2D eigenvalue weighted by Crippen LogP contribution is -2.36. The number of allylic oxidation sites excluding steroid dienone is 4. The van der Waals surface area contributed by atoms with Crippen LogP contribution < -0.4 is 11.1 Å². The average molecular weight is 526 g/mol. The van der Waals surface area contributed by atoms with Gasteiger partial charge in [-0.25, -0.2) is 0 Å². The maximum Gasteiger partial charge on any atom is 0.123 e. The molecule has 3 N–H and O–H groups in total. The zero-order chi connectivity index (χ0) is 28.1. The van der Waals surface area contributed by atoms with Crippen molar-refractivity contribution in [2.24, 2.45) is 5.73 Å². The number of hydrogen-bond donors (Lipinski definition) is 2. The molecule has 1 aliphatic rings. The number of aryl methyl sites for hydroxylation is 1. The van der Waals surface area contributed by atoms with Crippen molar-refractivity contribution in [1.29, 1.82) is 0 Å². The molecule has 3 nitrogen and oxygen atoms in total. The molecule has 202 valence electrons. The van der Waals surface area contributed by atoms with Crippen LogP contribution in [0.4, 0.5) is 0 Å². The van der Waals surface area contributed by atoms with Crippen LogP contribution in [0.25, 0.3) is 32.8 Å². The molecule has 0 fully saturated rings. The van der Waals surface area contributed by atoms with E-state index >= 15 is 0 Å². The van der Waals surface area contributed by atoms with E-state index in [-0.39, 0.29) is 12.2 Å². The Hall–Kier alpha value is -4.34. The zero-order valence-electron chi connectivity index (χ0n) is 23.8. The zero-order valence-corrected chi connectivity index (χ0v) is 23.8. The maximum atomic E-state index is 7.10. The van der Waals surface area contributed by atoms with E-state index in [1.165, 1.54) is 44.1 Å². The Morgan fingerprint density at radius 1 is 0.875 bits per heavy atom. The van der Waals surface area contributed by atoms with Gasteiger partial charge < -0.3 is 15.6 Å². The summed E-state index contributed by atoms with van der Waals surface area (Å²) in [5, 5.41) is 7.53. The normalized spacial score (nSPS) is 14.0. The van der Waals surface area contributed by atoms with Crippen molar-refractivity contribution in [2.75, 3.05) is 0 Å². The van der Waals surface area contributed by atoms with E-state index in [0.29, 0.717) is 0 Å². The topological polar surface area (TPSA) is 43.0 Å². The van der Waals surface area contributed by atoms with Crippen LogP contribution in [-0.2, 0) is 12.8 Å². The fourth-order valence-corrected chi connectivity index (χ4v) is 5.92. The summed E-state index contributed by atoms with van der Waals surface area (Å²) in [5.41, 5.74) is 15.6. The number of rotatable bonds is 7. The molecular weight excluding hydrogens is 486 g/mol. The first-order valence-corrected chi connectivity index (χ1v) is 14.4. The lowest BCUT2D eigenvalue weighted by Gasteiger charge is -2.31. The maximum absolute atomic E-state index is 7.10. The van der Waals surface area contributed by atoms with Crippen molar-refractivity contribution in [3.05, 3.63) is 144 Å². The highest BCUT2D eigenvalue weighted by Gasteiger charge is 2.31. The van der Waals surface area contributed by atoms with Crippen LogP contribution in [-0.4, -0.2) is 4.57 Å². The predicted octanol–water partition coefficient (Wildman–Crippen LogP) is 9.02. The van der Waals surface area contributed by atoms with Crippen LogP contribution >= 0.6 is 0 Å². The van der Waals surface area contributed by atoms with Gasteiger partial charge in [-0.3, -0.25) is 0 Å². The van der Waals surface area contributed by atoms with Crippen molar-refractivity contribution in [2.45, 2.75) is 45.8 Å². The third-order valence-electron chi connectivity index (χ3n) is 7.65. The Balaban J connectivity index is 0.00000158. The number of nitrogens with one attached hydrogen (secondary N) is 1. The molecule has 1 aromatic heterocycles. The molecule has 0 aliphatic heterocycles. The summed E-state index contributed by atoms with van der Waals surface area (Å²) in [6, 6.07) is 32.1. The molecule has 2 atom stereocenters. The first kappa shape index (κ1) is 27.2. The van der Waals surface area contributed by atoms with Crippen molar-refractivity contribution < 1.29 is 0 Å². The largest absolute Gasteiger partial charge is 0.364 e. The molecule has 4 aromatic carbocycles. The monoisotopic (exact) mass is 525 g/mol. The minimum Gasteiger partial charge on any atom is -0.364 e. The molecule has 6 rings (SSSR count). The molecule has 1 aliphatic carbocycles. The van der Waals surface area contributed by atoms with Crippen LogP contribution in [0.2, 0.25) is 0 Å². The van der Waals surface area contributed by atoms with Crippen LogP contribution in [0.3, 0.4) is 0 Å². The Labute approximate surface area is 238 Å². The van der Waals surface area contributed by atoms with Crippen LogP contribution in [0.15, 0.2) is 128 Å². The highest BCUT2D eigenvalue weighted by molar-refractivity contribution is 6.15. The Kier molecular flexibility index (Phi) is 8.33. The first-order chi connectivity index (χ1) is 19.7. The quantitative estimate of drug-likeness (QED) is 0.208. The number of fused-ring (bicyclic) bond motifs is 7. The average Bonchev–Trinajstić information content (AvgIpc) is 3.36. The number of aromatic nitrogens is 1. The molecule has 40 heavy (non-hydrogen) atoms. The van der Waals surface area contributed by atoms with E-state index in [1.807, 2.05) is 51.1 Å². The summed E-state index contributed by atoms with van der Waals surface area (Å²) in [7, 11) is 0. The molecule has 3 heteroatoms. The lowest BCUT2D eigenvalue weighted by molar-refractivity contribution is 0.374. The van der Waals surface area contributed by atoms with Gasteiger partial charge in [0.1, 0.15) is 6.17 Å². The van der Waals surface area contributed by atoms with Crippen molar-refractivity contribution in [3.63, 3.8) is 0 Å². The molecule has 5 aromatic rings. The third kappa shape index (κ3) is 5.01. The Morgan fingerprint density at radius 3 is 2.40 bits per heavy atom. The summed E-state index contributed by atoms with van der Waals surface area (Å²) in [6.07, 6.45) is 9.77. The van der Waals surface area contributed by atoms with Gasteiger partial charge in [0.05, 0.1) is 11.6 Å². The highest BCUT2D eigenvalue weighted by Crippen LogP contribution is 2.45. The van der Waals surface area contributed by atoms with E-state index in [4.69, 9.17) is 5.73 Å². The standard InChI is InChI=1S/C35H33N3.C2H6/c1-3-4-6-13-24(2)37-35(34(36)27-16-7-5-8-17-27)38-30-22-20-25-14-9-11-18-28(25)32(30)33-29-19-12-10-15-26(29)21-23-31(33)38;1-2/h3-20,22,34-35,37H,2,21,23,36H2,1H3;1-2H3/b4-3-,13-6-;. The minimum absolute atomic E-state index is 0.224. The molecule has 0 radical (unpaired) electrons. The third-order valence-corrected chi connectivity index (χ3v) is 7.65. The summed E-state index contributed by atoms with van der Waals surface area (Å²) < 4.78 is 2.46. The van der Waals surface area contributed by atoms with E-state index in [2.05, 4.69) is 101 Å². The smallest absolute Gasteiger partial charge is 0.123 e. The van der Waals surface area contributed by atoms with Gasteiger partial charge in [0.25, 0.3) is 0 Å². The summed E-state index contributed by atoms with van der Waals surface area (Å²) in [5.74, 6) is 0. The van der Waals surface area contributed by atoms with Gasteiger partial charge >= 0.3 is 0 Å². The second kappa shape index (κ2) is 12.2. The Bertz CT molecular complexity index is 1690. The fraction of sp³-hybridized carbons (Fsp3) is 0.189. The van der Waals surface area contributed by atoms with Crippen molar-refractivity contribution in [1.82, 2.24) is 9.88 Å². The highest BCUT2D eigenvalue weighted by atomic mass is 15.2. The van der Waals surface area contributed by atoms with Crippen LogP contribution in [0, 0.1) is 0 Å². The molecule has 0 amide bonds. The molecule has 0 saturated heterocycles. The molecule has 0 bridgehead atoms. The number of hydrogen-bond acceptors (Lipinski definition) is 2. The van der Waals surface area contributed by atoms with Crippen LogP contribution in [0.1, 0.15) is 49.8 Å². The number of benzene rings is 4.